The molecule has 2 aliphatic carbocycles. The van der Waals surface area contributed by atoms with Crippen molar-refractivity contribution in [1.29, 1.82) is 0 Å². The first-order valence-electron chi connectivity index (χ1n) is 12.5. The lowest BCUT2D eigenvalue weighted by molar-refractivity contribution is -0.123. The molecular formula is C26H41NO5. The third-order valence-corrected chi connectivity index (χ3v) is 7.34. The van der Waals surface area contributed by atoms with Crippen molar-refractivity contribution in [1.82, 2.24) is 5.32 Å². The number of ether oxygens (including phenoxy) is 1. The van der Waals surface area contributed by atoms with Gasteiger partial charge in [-0.15, -0.1) is 0 Å². The van der Waals surface area contributed by atoms with Crippen molar-refractivity contribution >= 4 is 5.91 Å². The van der Waals surface area contributed by atoms with Crippen LogP contribution in [0.4, 0.5) is 0 Å². The second kappa shape index (κ2) is 12.6. The molecule has 1 aromatic rings. The van der Waals surface area contributed by atoms with Crippen LogP contribution in [0.1, 0.15) is 69.4 Å². The smallest absolute Gasteiger partial charge is 0.257 e. The van der Waals surface area contributed by atoms with E-state index in [2.05, 4.69) is 18.3 Å². The van der Waals surface area contributed by atoms with E-state index < -0.39 is 0 Å². The summed E-state index contributed by atoms with van der Waals surface area (Å²) < 4.78 is 5.85. The third kappa shape index (κ3) is 6.69. The highest BCUT2D eigenvalue weighted by Crippen LogP contribution is 2.48. The van der Waals surface area contributed by atoms with E-state index in [4.69, 9.17) is 9.84 Å². The van der Waals surface area contributed by atoms with Gasteiger partial charge in [-0.05, 0) is 79.9 Å². The highest BCUT2D eigenvalue weighted by atomic mass is 16.5. The first-order chi connectivity index (χ1) is 15.5. The van der Waals surface area contributed by atoms with Crippen molar-refractivity contribution in [3.05, 3.63) is 29.3 Å². The van der Waals surface area contributed by atoms with Crippen molar-refractivity contribution in [2.45, 2.75) is 83.3 Å². The summed E-state index contributed by atoms with van der Waals surface area (Å²) in [4.78, 5) is 12.0. The van der Waals surface area contributed by atoms with Crippen molar-refractivity contribution in [2.75, 3.05) is 19.8 Å². The Balaban J connectivity index is 1.56. The Bertz CT molecular complexity index is 724. The van der Waals surface area contributed by atoms with Crippen LogP contribution in [0.5, 0.6) is 5.75 Å². The zero-order chi connectivity index (χ0) is 22.9. The van der Waals surface area contributed by atoms with E-state index in [-0.39, 0.29) is 37.2 Å². The molecule has 1 fully saturated rings. The van der Waals surface area contributed by atoms with Crippen LogP contribution in [0, 0.1) is 17.8 Å². The minimum Gasteiger partial charge on any atom is -0.483 e. The van der Waals surface area contributed by atoms with Gasteiger partial charge in [0.25, 0.3) is 5.91 Å². The van der Waals surface area contributed by atoms with Crippen molar-refractivity contribution in [3.8, 4) is 5.75 Å². The van der Waals surface area contributed by atoms with E-state index in [9.17, 15) is 15.0 Å². The van der Waals surface area contributed by atoms with Gasteiger partial charge in [0.2, 0.25) is 0 Å². The SMILES string of the molecule is CCCCC[C@@H](O)CC[C@@H]1[C@H]2Cc3cccc(OCC(=O)NCCCO)c3C[C@H]2C[C@H]1O. The Hall–Kier alpha value is -1.63. The number of carbonyl (C=O) groups excluding carboxylic acids is 1. The van der Waals surface area contributed by atoms with Gasteiger partial charge in [0.15, 0.2) is 6.61 Å². The van der Waals surface area contributed by atoms with Crippen molar-refractivity contribution < 1.29 is 24.9 Å². The first-order valence-corrected chi connectivity index (χ1v) is 12.5. The highest BCUT2D eigenvalue weighted by Gasteiger charge is 2.44. The average molecular weight is 448 g/mol. The molecule has 0 radical (unpaired) electrons. The molecule has 0 saturated heterocycles. The van der Waals surface area contributed by atoms with Gasteiger partial charge in [0.05, 0.1) is 12.2 Å². The second-order valence-corrected chi connectivity index (χ2v) is 9.64. The monoisotopic (exact) mass is 447 g/mol. The number of nitrogens with one attached hydrogen (secondary N) is 1. The van der Waals surface area contributed by atoms with E-state index in [1.54, 1.807) is 0 Å². The van der Waals surface area contributed by atoms with Crippen LogP contribution in [-0.2, 0) is 17.6 Å². The van der Waals surface area contributed by atoms with Gasteiger partial charge in [0.1, 0.15) is 5.75 Å². The van der Waals surface area contributed by atoms with E-state index in [0.29, 0.717) is 24.8 Å². The Morgan fingerprint density at radius 1 is 1.22 bits per heavy atom. The van der Waals surface area contributed by atoms with Crippen LogP contribution in [0.2, 0.25) is 0 Å². The summed E-state index contributed by atoms with van der Waals surface area (Å²) in [5, 5.41) is 32.7. The number of rotatable bonds is 13. The highest BCUT2D eigenvalue weighted by molar-refractivity contribution is 5.77. The summed E-state index contributed by atoms with van der Waals surface area (Å²) in [7, 11) is 0. The Morgan fingerprint density at radius 3 is 2.84 bits per heavy atom. The summed E-state index contributed by atoms with van der Waals surface area (Å²) >= 11 is 0. The third-order valence-electron chi connectivity index (χ3n) is 7.34. The molecule has 0 bridgehead atoms. The van der Waals surface area contributed by atoms with Gasteiger partial charge in [0, 0.05) is 13.2 Å². The molecule has 6 heteroatoms. The molecule has 4 N–H and O–H groups in total. The number of carbonyl (C=O) groups is 1. The lowest BCUT2D eigenvalue weighted by atomic mass is 9.73. The zero-order valence-corrected chi connectivity index (χ0v) is 19.5. The number of benzene rings is 1. The number of hydrogen-bond donors (Lipinski definition) is 4. The van der Waals surface area contributed by atoms with Gasteiger partial charge in [-0.25, -0.2) is 0 Å². The van der Waals surface area contributed by atoms with Crippen LogP contribution in [0.3, 0.4) is 0 Å². The molecule has 32 heavy (non-hydrogen) atoms. The lowest BCUT2D eigenvalue weighted by Crippen LogP contribution is -2.31. The average Bonchev–Trinajstić information content (AvgIpc) is 3.09. The van der Waals surface area contributed by atoms with Gasteiger partial charge < -0.3 is 25.4 Å². The van der Waals surface area contributed by atoms with E-state index in [0.717, 1.165) is 57.1 Å². The summed E-state index contributed by atoms with van der Waals surface area (Å²) in [5.74, 6) is 1.69. The van der Waals surface area contributed by atoms with Gasteiger partial charge >= 0.3 is 0 Å². The number of amides is 1. The molecule has 6 nitrogen and oxygen atoms in total. The Kier molecular flexibility index (Phi) is 9.82. The fourth-order valence-electron chi connectivity index (χ4n) is 5.60. The minimum atomic E-state index is -0.302. The number of aliphatic hydroxyl groups is 3. The van der Waals surface area contributed by atoms with Crippen LogP contribution >= 0.6 is 0 Å². The summed E-state index contributed by atoms with van der Waals surface area (Å²) in [5.41, 5.74) is 2.43. The molecular weight excluding hydrogens is 406 g/mol. The maximum atomic E-state index is 12.0. The Morgan fingerprint density at radius 2 is 2.06 bits per heavy atom. The van der Waals surface area contributed by atoms with Crippen LogP contribution in [0.25, 0.3) is 0 Å². The molecule has 2 aliphatic rings. The molecule has 180 valence electrons. The van der Waals surface area contributed by atoms with Crippen LogP contribution < -0.4 is 10.1 Å². The maximum absolute atomic E-state index is 12.0. The number of unbranched alkanes of at least 4 members (excludes halogenated alkanes) is 2. The van der Waals surface area contributed by atoms with Gasteiger partial charge in [-0.2, -0.15) is 0 Å². The topological polar surface area (TPSA) is 99.0 Å². The van der Waals surface area contributed by atoms with Crippen LogP contribution in [-0.4, -0.2) is 53.2 Å². The molecule has 0 spiro atoms. The van der Waals surface area contributed by atoms with Gasteiger partial charge in [-0.1, -0.05) is 38.3 Å². The maximum Gasteiger partial charge on any atom is 0.257 e. The molecule has 0 unspecified atom stereocenters. The zero-order valence-electron chi connectivity index (χ0n) is 19.5. The number of aliphatic hydroxyl groups excluding tert-OH is 3. The van der Waals surface area contributed by atoms with E-state index >= 15 is 0 Å². The predicted molar refractivity (Wildman–Crippen MR) is 125 cm³/mol. The van der Waals surface area contributed by atoms with Gasteiger partial charge in [-0.3, -0.25) is 4.79 Å². The molecule has 1 saturated carbocycles. The van der Waals surface area contributed by atoms with Crippen molar-refractivity contribution in [3.63, 3.8) is 0 Å². The minimum absolute atomic E-state index is 0.0306. The standard InChI is InChI=1S/C26H41NO5/c1-2-3-4-8-20(29)10-11-21-22-14-18-7-5-9-25(23(18)15-19(22)16-24(21)30)32-17-26(31)27-12-6-13-28/h5,7,9,19-22,24,28-30H,2-4,6,8,10-17H2,1H3,(H,27,31)/t19-,20+,21+,22-,24+/m0/s1. The molecule has 0 aromatic heterocycles. The number of hydrogen-bond acceptors (Lipinski definition) is 5. The fraction of sp³-hybridized carbons (Fsp3) is 0.731. The summed E-state index contributed by atoms with van der Waals surface area (Å²) in [6.07, 6.45) is 8.50. The second-order valence-electron chi connectivity index (χ2n) is 9.64. The van der Waals surface area contributed by atoms with Crippen LogP contribution in [0.15, 0.2) is 18.2 Å². The molecule has 3 rings (SSSR count). The molecule has 0 heterocycles. The summed E-state index contributed by atoms with van der Waals surface area (Å²) in [6.45, 7) is 2.65. The summed E-state index contributed by atoms with van der Waals surface area (Å²) in [6, 6.07) is 6.05. The first kappa shape index (κ1) is 25.0. The quantitative estimate of drug-likeness (QED) is 0.349. The largest absolute Gasteiger partial charge is 0.483 e. The normalized spacial score (nSPS) is 25.1. The molecule has 1 aromatic carbocycles. The molecule has 1 amide bonds. The lowest BCUT2D eigenvalue weighted by Gasteiger charge is -2.32. The van der Waals surface area contributed by atoms with Crippen molar-refractivity contribution in [2.24, 2.45) is 17.8 Å². The van der Waals surface area contributed by atoms with E-state index in [1.807, 2.05) is 12.1 Å². The predicted octanol–water partition coefficient (Wildman–Crippen LogP) is 3.00. The molecule has 5 atom stereocenters. The fourth-order valence-corrected chi connectivity index (χ4v) is 5.60. The van der Waals surface area contributed by atoms with E-state index in [1.165, 1.54) is 17.5 Å². The Labute approximate surface area is 192 Å². The molecule has 0 aliphatic heterocycles. The number of fused-ring (bicyclic) bond motifs is 2.